The van der Waals surface area contributed by atoms with Gasteiger partial charge in [0.25, 0.3) is 0 Å². The first-order valence-corrected chi connectivity index (χ1v) is 11.1. The smallest absolute Gasteiger partial charge is 0.0896 e. The minimum atomic E-state index is -0.678. The summed E-state index contributed by atoms with van der Waals surface area (Å²) in [6.07, 6.45) is 0.146. The Balaban J connectivity index is 1.93. The summed E-state index contributed by atoms with van der Waals surface area (Å²) in [4.78, 5) is 4.65. The molecule has 3 aromatic carbocycles. The fraction of sp³-hybridized carbons (Fsp3) is 0.250. The number of nitrogens with one attached hydrogen (secondary N) is 1. The Hall–Kier alpha value is -2.03. The number of benzene rings is 3. The van der Waals surface area contributed by atoms with Crippen LogP contribution in [0, 0.1) is 0 Å². The average molecular weight is 391 g/mol. The second kappa shape index (κ2) is 10.5. The molecule has 0 radical (unpaired) electrons. The van der Waals surface area contributed by atoms with Crippen LogP contribution >= 0.6 is 8.07 Å². The summed E-state index contributed by atoms with van der Waals surface area (Å²) >= 11 is 0. The molecule has 0 amide bonds. The van der Waals surface area contributed by atoms with Crippen molar-refractivity contribution >= 4 is 18.7 Å². The van der Waals surface area contributed by atoms with Crippen LogP contribution in [0.15, 0.2) is 91.0 Å². The van der Waals surface area contributed by atoms with Crippen molar-refractivity contribution in [2.75, 3.05) is 34.2 Å². The minimum Gasteiger partial charge on any atom is -0.308 e. The molecule has 3 nitrogen and oxygen atoms in total. The van der Waals surface area contributed by atoms with E-state index < -0.39 is 8.07 Å². The molecule has 1 N–H and O–H groups in total. The van der Waals surface area contributed by atoms with Crippen LogP contribution in [0.25, 0.3) is 0 Å². The van der Waals surface area contributed by atoms with Gasteiger partial charge in [-0.1, -0.05) is 91.0 Å². The van der Waals surface area contributed by atoms with Crippen LogP contribution < -0.4 is 15.7 Å². The van der Waals surface area contributed by atoms with Gasteiger partial charge >= 0.3 is 0 Å². The fourth-order valence-corrected chi connectivity index (χ4v) is 5.25. The molecule has 3 aromatic rings. The van der Waals surface area contributed by atoms with Crippen LogP contribution in [-0.4, -0.2) is 44.0 Å². The predicted molar refractivity (Wildman–Crippen MR) is 123 cm³/mol. The molecule has 1 unspecified atom stereocenters. The summed E-state index contributed by atoms with van der Waals surface area (Å²) in [6.45, 7) is 2.02. The summed E-state index contributed by atoms with van der Waals surface area (Å²) in [7, 11) is 5.78. The molecule has 146 valence electrons. The van der Waals surface area contributed by atoms with E-state index in [-0.39, 0.29) is 6.17 Å². The molecule has 0 aliphatic carbocycles. The van der Waals surface area contributed by atoms with Crippen molar-refractivity contribution in [1.29, 1.82) is 0 Å². The molecule has 0 aliphatic rings. The highest BCUT2D eigenvalue weighted by Crippen LogP contribution is 2.34. The molecule has 0 saturated carbocycles. The molecule has 4 heteroatoms. The number of likely N-dealkylation sites (N-methyl/N-ethyl adjacent to an activating group) is 2. The van der Waals surface area contributed by atoms with Crippen LogP contribution in [0.2, 0.25) is 0 Å². The van der Waals surface area contributed by atoms with Gasteiger partial charge < -0.3 is 4.90 Å². The number of hydrogen-bond donors (Lipinski definition) is 1. The topological polar surface area (TPSA) is 18.5 Å². The van der Waals surface area contributed by atoms with Gasteiger partial charge in [-0.25, -0.2) is 0 Å². The molecule has 28 heavy (non-hydrogen) atoms. The Morgan fingerprint density at radius 3 is 1.61 bits per heavy atom. The summed E-state index contributed by atoms with van der Waals surface area (Å²) in [5.41, 5.74) is 1.29. The highest BCUT2D eigenvalue weighted by molar-refractivity contribution is 7.71. The second-order valence-corrected chi connectivity index (χ2v) is 9.19. The number of rotatable bonds is 9. The van der Waals surface area contributed by atoms with E-state index in [9.17, 15) is 0 Å². The van der Waals surface area contributed by atoms with Crippen LogP contribution in [0.1, 0.15) is 11.7 Å². The monoisotopic (exact) mass is 391 g/mol. The maximum Gasteiger partial charge on any atom is 0.0896 e. The van der Waals surface area contributed by atoms with Gasteiger partial charge in [-0.15, -0.1) is 0 Å². The van der Waals surface area contributed by atoms with E-state index in [4.69, 9.17) is 0 Å². The molecule has 0 aliphatic heterocycles. The van der Waals surface area contributed by atoms with Gasteiger partial charge in [-0.2, -0.15) is 0 Å². The van der Waals surface area contributed by atoms with Crippen LogP contribution in [0.5, 0.6) is 0 Å². The zero-order valence-electron chi connectivity index (χ0n) is 17.0. The maximum absolute atomic E-state index is 4.00. The average Bonchev–Trinajstić information content (AvgIpc) is 2.74. The van der Waals surface area contributed by atoms with Crippen LogP contribution in [0.3, 0.4) is 0 Å². The van der Waals surface area contributed by atoms with Gasteiger partial charge in [0.15, 0.2) is 0 Å². The second-order valence-electron chi connectivity index (χ2n) is 7.23. The predicted octanol–water partition coefficient (Wildman–Crippen LogP) is 3.82. The summed E-state index contributed by atoms with van der Waals surface area (Å²) in [5.74, 6) is 0. The van der Waals surface area contributed by atoms with E-state index in [0.717, 1.165) is 13.1 Å². The van der Waals surface area contributed by atoms with Crippen molar-refractivity contribution < 1.29 is 0 Å². The first kappa shape index (κ1) is 20.7. The first-order valence-electron chi connectivity index (χ1n) is 9.71. The van der Waals surface area contributed by atoms with E-state index in [1.807, 2.05) is 0 Å². The summed E-state index contributed by atoms with van der Waals surface area (Å²) in [5, 5.41) is 6.68. The number of nitrogens with zero attached hydrogens (tertiary/aromatic N) is 2. The Morgan fingerprint density at radius 2 is 1.14 bits per heavy atom. The molecular weight excluding hydrogens is 361 g/mol. The quantitative estimate of drug-likeness (QED) is 0.442. The Morgan fingerprint density at radius 1 is 0.679 bits per heavy atom. The van der Waals surface area contributed by atoms with Crippen molar-refractivity contribution in [3.05, 3.63) is 96.6 Å². The van der Waals surface area contributed by atoms with Gasteiger partial charge in [-0.05, 0) is 37.3 Å². The van der Waals surface area contributed by atoms with Crippen LogP contribution in [0.4, 0.5) is 0 Å². The minimum absolute atomic E-state index is 0.146. The lowest BCUT2D eigenvalue weighted by molar-refractivity contribution is 0.211. The van der Waals surface area contributed by atoms with E-state index in [1.54, 1.807) is 0 Å². The fourth-order valence-electron chi connectivity index (χ4n) is 3.12. The van der Waals surface area contributed by atoms with Crippen molar-refractivity contribution in [2.45, 2.75) is 6.17 Å². The normalized spacial score (nSPS) is 12.6. The first-order chi connectivity index (χ1) is 13.6. The van der Waals surface area contributed by atoms with Crippen molar-refractivity contribution in [3.63, 3.8) is 0 Å². The highest BCUT2D eigenvalue weighted by atomic mass is 31.1. The molecule has 0 heterocycles. The van der Waals surface area contributed by atoms with Crippen molar-refractivity contribution in [1.82, 2.24) is 14.9 Å². The molecule has 3 rings (SSSR count). The lowest BCUT2D eigenvalue weighted by atomic mass is 10.1. The highest BCUT2D eigenvalue weighted by Gasteiger charge is 2.23. The van der Waals surface area contributed by atoms with E-state index in [0.29, 0.717) is 0 Å². The SMILES string of the molecule is CN(C)CCN(C)C(NP(c1ccccc1)c1ccccc1)c1ccccc1. The molecule has 1 atom stereocenters. The summed E-state index contributed by atoms with van der Waals surface area (Å²) in [6, 6.07) is 32.4. The number of hydrogen-bond acceptors (Lipinski definition) is 3. The van der Waals surface area contributed by atoms with Gasteiger partial charge in [0.05, 0.1) is 6.17 Å². The molecule has 0 aromatic heterocycles. The lowest BCUT2D eigenvalue weighted by Gasteiger charge is -2.34. The molecule has 0 saturated heterocycles. The van der Waals surface area contributed by atoms with Gasteiger partial charge in [0.2, 0.25) is 0 Å². The molecule has 0 fully saturated rings. The largest absolute Gasteiger partial charge is 0.308 e. The molecule has 0 bridgehead atoms. The van der Waals surface area contributed by atoms with Crippen molar-refractivity contribution in [3.8, 4) is 0 Å². The van der Waals surface area contributed by atoms with Gasteiger partial charge in [0.1, 0.15) is 0 Å². The van der Waals surface area contributed by atoms with E-state index >= 15 is 0 Å². The van der Waals surface area contributed by atoms with Gasteiger partial charge in [0, 0.05) is 21.2 Å². The third-order valence-corrected chi connectivity index (χ3v) is 6.87. The van der Waals surface area contributed by atoms with E-state index in [1.165, 1.54) is 16.2 Å². The van der Waals surface area contributed by atoms with Crippen molar-refractivity contribution in [2.24, 2.45) is 0 Å². The van der Waals surface area contributed by atoms with E-state index in [2.05, 4.69) is 127 Å². The standard InChI is InChI=1S/C24H30N3P/c1-26(2)19-20-27(3)24(21-13-7-4-8-14-21)25-28(22-15-9-5-10-16-22)23-17-11-6-12-18-23/h4-18,24-25H,19-20H2,1-3H3. The zero-order valence-corrected chi connectivity index (χ0v) is 17.9. The van der Waals surface area contributed by atoms with Crippen LogP contribution in [-0.2, 0) is 0 Å². The molecule has 0 spiro atoms. The third kappa shape index (κ3) is 5.73. The Kier molecular flexibility index (Phi) is 7.76. The lowest BCUT2D eigenvalue weighted by Crippen LogP contribution is -2.40. The zero-order chi connectivity index (χ0) is 19.8. The Bertz CT molecular complexity index is 770. The van der Waals surface area contributed by atoms with Gasteiger partial charge in [-0.3, -0.25) is 9.99 Å². The third-order valence-electron chi connectivity index (χ3n) is 4.74. The molecular formula is C24H30N3P. The Labute approximate surface area is 170 Å². The summed E-state index contributed by atoms with van der Waals surface area (Å²) < 4.78 is 0. The maximum atomic E-state index is 4.00.